The summed E-state index contributed by atoms with van der Waals surface area (Å²) in [4.78, 5) is 9.11. The van der Waals surface area contributed by atoms with Crippen molar-refractivity contribution in [1.29, 1.82) is 0 Å². The molecule has 0 bridgehead atoms. The second-order valence-electron chi connectivity index (χ2n) is 7.27. The van der Waals surface area contributed by atoms with Gasteiger partial charge in [0.2, 0.25) is 0 Å². The molecule has 1 saturated heterocycles. The van der Waals surface area contributed by atoms with Crippen molar-refractivity contribution >= 4 is 46.2 Å². The summed E-state index contributed by atoms with van der Waals surface area (Å²) in [6.07, 6.45) is 9.44. The van der Waals surface area contributed by atoms with Gasteiger partial charge in [-0.3, -0.25) is 9.98 Å². The van der Waals surface area contributed by atoms with Crippen LogP contribution in [0.4, 0.5) is 0 Å². The molecule has 0 saturated carbocycles. The van der Waals surface area contributed by atoms with Gasteiger partial charge >= 0.3 is 34.1 Å². The number of isothiocyanates is 2. The zero-order valence-corrected chi connectivity index (χ0v) is 24.7. The predicted molar refractivity (Wildman–Crippen MR) is 148 cm³/mol. The zero-order chi connectivity index (χ0) is 26.2. The number of piperidine rings is 1. The molecule has 3 N–H and O–H groups in total. The monoisotopic (exact) mass is 620 g/mol. The van der Waals surface area contributed by atoms with Crippen molar-refractivity contribution in [1.82, 2.24) is 0 Å². The number of nitrogens with zero attached hydrogens (tertiary/aromatic N) is 6. The van der Waals surface area contributed by atoms with Crippen molar-refractivity contribution in [3.05, 3.63) is 45.4 Å². The van der Waals surface area contributed by atoms with E-state index in [2.05, 4.69) is 52.0 Å². The minimum Gasteiger partial charge on any atom is -0.753 e. The quantitative estimate of drug-likeness (QED) is 0.158. The van der Waals surface area contributed by atoms with Gasteiger partial charge in [0.25, 0.3) is 0 Å². The van der Waals surface area contributed by atoms with E-state index in [1.54, 1.807) is 0 Å². The first-order valence-corrected chi connectivity index (χ1v) is 11.8. The molecule has 2 heterocycles. The molecule has 9 nitrogen and oxygen atoms in total. The normalized spacial score (nSPS) is 17.2. The number of hydrogen-bond acceptors (Lipinski definition) is 7. The molecule has 0 aromatic rings. The molecular formula is C23H36Fe2N6O3S2. The number of rotatable bonds is 8. The smallest absolute Gasteiger partial charge is 0.753 e. The van der Waals surface area contributed by atoms with Gasteiger partial charge in [-0.2, -0.15) is 10.3 Å². The van der Waals surface area contributed by atoms with Crippen molar-refractivity contribution < 1.29 is 49.5 Å². The van der Waals surface area contributed by atoms with Crippen LogP contribution in [0.15, 0.2) is 33.9 Å². The summed E-state index contributed by atoms with van der Waals surface area (Å²) < 4.78 is 0. The van der Waals surface area contributed by atoms with E-state index in [-0.39, 0.29) is 40.2 Å². The summed E-state index contributed by atoms with van der Waals surface area (Å²) in [6, 6.07) is 0.310. The van der Waals surface area contributed by atoms with Gasteiger partial charge in [0.1, 0.15) is 6.29 Å². The predicted octanol–water partition coefficient (Wildman–Crippen LogP) is 4.43. The Hall–Kier alpha value is -0.901. The molecule has 0 aromatic heterocycles. The Kier molecular flexibility index (Phi) is 35.5. The van der Waals surface area contributed by atoms with Gasteiger partial charge < -0.3 is 36.8 Å². The molecule has 13 heteroatoms. The van der Waals surface area contributed by atoms with E-state index >= 15 is 0 Å². The number of thiocarbonyl (C=S) groups is 2. The van der Waals surface area contributed by atoms with Gasteiger partial charge in [-0.1, -0.05) is 61.9 Å². The Balaban J connectivity index is -0.000000368. The molecule has 204 valence electrons. The maximum atomic E-state index is 10.1. The average molecular weight is 620 g/mol. The summed E-state index contributed by atoms with van der Waals surface area (Å²) in [6.45, 7) is 8.32. The Morgan fingerprint density at radius 3 is 2.06 bits per heavy atom. The molecule has 36 heavy (non-hydrogen) atoms. The van der Waals surface area contributed by atoms with Crippen LogP contribution in [0.5, 0.6) is 0 Å². The van der Waals surface area contributed by atoms with Gasteiger partial charge in [-0.25, -0.2) is 0 Å². The van der Waals surface area contributed by atoms with Crippen LogP contribution in [0.3, 0.4) is 0 Å². The number of aliphatic imine (C=N–C) groups is 2. The molecule has 0 aliphatic carbocycles. The third-order valence-electron chi connectivity index (χ3n) is 4.48. The zero-order valence-electron chi connectivity index (χ0n) is 20.9. The Morgan fingerprint density at radius 1 is 1.08 bits per heavy atom. The molecule has 2 atom stereocenters. The van der Waals surface area contributed by atoms with Crippen LogP contribution in [0.1, 0.15) is 52.9 Å². The average Bonchev–Trinajstić information content (AvgIpc) is 2.81. The molecule has 0 amide bonds. The number of aliphatic hydroxyl groups excluding tert-OH is 2. The van der Waals surface area contributed by atoms with E-state index in [1.165, 1.54) is 30.1 Å². The molecule has 1 fully saturated rings. The first kappa shape index (κ1) is 42.2. The van der Waals surface area contributed by atoms with E-state index in [4.69, 9.17) is 21.0 Å². The fourth-order valence-electron chi connectivity index (χ4n) is 2.89. The third-order valence-corrected chi connectivity index (χ3v) is 4.48. The van der Waals surface area contributed by atoms with Gasteiger partial charge in [-0.15, -0.1) is 24.9 Å². The summed E-state index contributed by atoms with van der Waals surface area (Å²) in [5.41, 5.74) is 3.01. The van der Waals surface area contributed by atoms with Crippen LogP contribution >= 0.6 is 24.4 Å². The topological polar surface area (TPSA) is 158 Å². The molecular weight excluding hydrogens is 584 g/mol. The molecule has 0 spiro atoms. The van der Waals surface area contributed by atoms with E-state index in [0.717, 1.165) is 36.6 Å². The van der Waals surface area contributed by atoms with Crippen molar-refractivity contribution in [2.75, 3.05) is 26.2 Å². The minimum atomic E-state index is -1.17. The number of aliphatic hydroxyl groups is 3. The number of allylic oxidation sites excluding steroid dienone is 3. The molecule has 2 aliphatic heterocycles. The molecule has 2 unspecified atom stereocenters. The summed E-state index contributed by atoms with van der Waals surface area (Å²) in [5.74, 6) is 0. The van der Waals surface area contributed by atoms with Crippen molar-refractivity contribution in [2.24, 2.45) is 9.98 Å². The number of hydrogen-bond donors (Lipinski definition) is 3. The van der Waals surface area contributed by atoms with Crippen LogP contribution < -0.4 is 0 Å². The summed E-state index contributed by atoms with van der Waals surface area (Å²) >= 11 is 7.40. The third kappa shape index (κ3) is 27.7. The van der Waals surface area contributed by atoms with Crippen molar-refractivity contribution in [3.8, 4) is 0 Å². The SMILES string of the molecule is CC(=NCCC(O)CCN=C(C)C1CCCC[N-]1)C1=CC=CC[N-]1.CC(O)O.[Fe+2].[Fe+2].[N-]=C=S.[N-]=C=S. The Labute approximate surface area is 247 Å². The second-order valence-corrected chi connectivity index (χ2v) is 7.64. The van der Waals surface area contributed by atoms with E-state index in [1.807, 2.05) is 25.2 Å². The molecule has 0 radical (unpaired) electrons. The van der Waals surface area contributed by atoms with Gasteiger partial charge in [0.15, 0.2) is 0 Å². The van der Waals surface area contributed by atoms with Crippen LogP contribution in [0.2, 0.25) is 0 Å². The first-order valence-electron chi connectivity index (χ1n) is 11.0. The maximum absolute atomic E-state index is 10.1. The van der Waals surface area contributed by atoms with Crippen LogP contribution in [0, 0.1) is 0 Å². The van der Waals surface area contributed by atoms with Gasteiger partial charge in [0.05, 0.1) is 6.10 Å². The van der Waals surface area contributed by atoms with Gasteiger partial charge in [-0.05, 0) is 39.3 Å². The molecule has 2 rings (SSSR count). The van der Waals surface area contributed by atoms with Gasteiger partial charge in [0, 0.05) is 18.8 Å². The largest absolute Gasteiger partial charge is 2.00 e. The fourth-order valence-corrected chi connectivity index (χ4v) is 2.89. The van der Waals surface area contributed by atoms with E-state index in [0.29, 0.717) is 32.0 Å². The maximum Gasteiger partial charge on any atom is 2.00 e. The summed E-state index contributed by atoms with van der Waals surface area (Å²) in [5, 5.41) is 51.2. The second kappa shape index (κ2) is 30.3. The first-order chi connectivity index (χ1) is 16.2. The Morgan fingerprint density at radius 2 is 1.61 bits per heavy atom. The Bertz CT molecular complexity index is 717. The van der Waals surface area contributed by atoms with Crippen molar-refractivity contribution in [3.63, 3.8) is 0 Å². The summed E-state index contributed by atoms with van der Waals surface area (Å²) in [7, 11) is 0. The standard InChI is InChI=1S/C19H30N4O.C2H6O2.2CNS.2Fe/c1-15(18-7-3-5-11-22-18)20-13-9-17(24)10-14-21-16(2)19-8-4-6-12-23-19;1-2(3)4;2*2-1-3;;/h3,5,7,17,19,24H,4,6,8-14H2,1-2H3;2-4H,1H3;;;;/q-2;;2*-1;2*+2. The van der Waals surface area contributed by atoms with Crippen LogP contribution in [-0.2, 0) is 34.1 Å². The minimum absolute atomic E-state index is 0. The molecule has 2 aliphatic rings. The van der Waals surface area contributed by atoms with E-state index in [9.17, 15) is 5.11 Å². The molecule has 0 aromatic carbocycles. The van der Waals surface area contributed by atoms with Crippen LogP contribution in [0.25, 0.3) is 21.5 Å². The van der Waals surface area contributed by atoms with E-state index < -0.39 is 6.29 Å². The fraction of sp³-hybridized carbons (Fsp3) is 0.652. The van der Waals surface area contributed by atoms with Crippen LogP contribution in [-0.4, -0.2) is 81.7 Å². The van der Waals surface area contributed by atoms with Crippen molar-refractivity contribution in [2.45, 2.75) is 71.3 Å².